The summed E-state index contributed by atoms with van der Waals surface area (Å²) in [4.78, 5) is 10.3. The molecule has 0 saturated carbocycles. The molecule has 1 N–H and O–H groups in total. The van der Waals surface area contributed by atoms with Crippen LogP contribution in [0.3, 0.4) is 0 Å². The monoisotopic (exact) mass is 406 g/mol. The predicted octanol–water partition coefficient (Wildman–Crippen LogP) is 3.08. The number of nitrogens with zero attached hydrogens (tertiary/aromatic N) is 3. The van der Waals surface area contributed by atoms with E-state index < -0.39 is 14.9 Å². The van der Waals surface area contributed by atoms with Crippen molar-refractivity contribution in [3.63, 3.8) is 0 Å². The van der Waals surface area contributed by atoms with E-state index >= 15 is 0 Å². The highest BCUT2D eigenvalue weighted by atomic mass is 32.2. The van der Waals surface area contributed by atoms with Crippen molar-refractivity contribution < 1.29 is 18.1 Å². The smallest absolute Gasteiger partial charge is 0.270 e. The number of hydrogen-bond acceptors (Lipinski definition) is 7. The van der Waals surface area contributed by atoms with Gasteiger partial charge in [-0.05, 0) is 18.2 Å². The highest BCUT2D eigenvalue weighted by molar-refractivity contribution is 7.89. The Kier molecular flexibility index (Phi) is 7.07. The topological polar surface area (TPSA) is 114 Å². The Hall–Kier alpha value is -2.98. The molecule has 0 spiro atoms. The summed E-state index contributed by atoms with van der Waals surface area (Å²) in [5, 5.41) is 15.2. The zero-order chi connectivity index (χ0) is 20.7. The lowest BCUT2D eigenvalue weighted by atomic mass is 10.2. The first-order chi connectivity index (χ1) is 13.3. The van der Waals surface area contributed by atoms with Gasteiger partial charge < -0.3 is 4.74 Å². The number of nitro benzene ring substituents is 1. The summed E-state index contributed by atoms with van der Waals surface area (Å²) in [7, 11) is -2.40. The minimum Gasteiger partial charge on any atom is -0.496 e. The third-order valence-corrected chi connectivity index (χ3v) is 6.12. The highest BCUT2D eigenvalue weighted by Gasteiger charge is 2.27. The molecule has 9 nitrogen and oxygen atoms in total. The third kappa shape index (κ3) is 4.65. The molecule has 0 aliphatic carbocycles. The second kappa shape index (κ2) is 9.29. The number of para-hydroxylation sites is 1. The average molecular weight is 406 g/mol. The molecule has 0 unspecified atom stereocenters. The van der Waals surface area contributed by atoms with Crippen LogP contribution in [0, 0.1) is 10.1 Å². The van der Waals surface area contributed by atoms with E-state index in [-0.39, 0.29) is 29.4 Å². The molecule has 0 saturated heterocycles. The van der Waals surface area contributed by atoms with Crippen LogP contribution in [0.4, 0.5) is 11.4 Å². The number of hydrogen-bond donors (Lipinski definition) is 1. The van der Waals surface area contributed by atoms with Gasteiger partial charge in [-0.15, -0.1) is 0 Å². The molecule has 10 heteroatoms. The van der Waals surface area contributed by atoms with E-state index in [0.29, 0.717) is 11.3 Å². The summed E-state index contributed by atoms with van der Waals surface area (Å²) in [6, 6.07) is 10.8. The zero-order valence-corrected chi connectivity index (χ0v) is 16.6. The third-order valence-electron chi connectivity index (χ3n) is 4.03. The van der Waals surface area contributed by atoms with E-state index in [4.69, 9.17) is 4.74 Å². The highest BCUT2D eigenvalue weighted by Crippen LogP contribution is 2.29. The number of nitro groups is 1. The van der Waals surface area contributed by atoms with E-state index in [1.165, 1.54) is 29.8 Å². The van der Waals surface area contributed by atoms with Gasteiger partial charge >= 0.3 is 0 Å². The summed E-state index contributed by atoms with van der Waals surface area (Å²) < 4.78 is 32.3. The Morgan fingerprint density at radius 3 is 2.50 bits per heavy atom. The van der Waals surface area contributed by atoms with E-state index in [0.717, 1.165) is 6.07 Å². The molecule has 2 aromatic carbocycles. The van der Waals surface area contributed by atoms with Gasteiger partial charge in [0.15, 0.2) is 0 Å². The number of ether oxygens (including phenoxy) is 1. The number of rotatable bonds is 9. The molecule has 0 fully saturated rings. The zero-order valence-electron chi connectivity index (χ0n) is 15.8. The number of sulfonamides is 1. The van der Waals surface area contributed by atoms with Crippen LogP contribution < -0.4 is 10.2 Å². The van der Waals surface area contributed by atoms with Crippen LogP contribution in [0.1, 0.15) is 19.4 Å². The van der Waals surface area contributed by atoms with Crippen molar-refractivity contribution in [1.82, 2.24) is 4.31 Å². The fraction of sp³-hybridized carbons (Fsp3) is 0.278. The summed E-state index contributed by atoms with van der Waals surface area (Å²) in [6.45, 7) is 3.88. The van der Waals surface area contributed by atoms with Crippen molar-refractivity contribution >= 4 is 27.6 Å². The average Bonchev–Trinajstić information content (AvgIpc) is 2.69. The van der Waals surface area contributed by atoms with Crippen LogP contribution in [0.15, 0.2) is 52.5 Å². The van der Waals surface area contributed by atoms with Crippen LogP contribution in [0.2, 0.25) is 0 Å². The number of benzene rings is 2. The maximum absolute atomic E-state index is 12.9. The van der Waals surface area contributed by atoms with Crippen LogP contribution in [-0.4, -0.2) is 44.1 Å². The molecule has 0 heterocycles. The summed E-state index contributed by atoms with van der Waals surface area (Å²) in [5.41, 5.74) is 3.19. The molecule has 2 rings (SSSR count). The number of nitrogens with one attached hydrogen (secondary N) is 1. The molecule has 0 aliphatic rings. The lowest BCUT2D eigenvalue weighted by Gasteiger charge is -2.20. The van der Waals surface area contributed by atoms with Gasteiger partial charge in [0.2, 0.25) is 10.0 Å². The lowest BCUT2D eigenvalue weighted by Crippen LogP contribution is -2.31. The van der Waals surface area contributed by atoms with Gasteiger partial charge in [0, 0.05) is 30.8 Å². The van der Waals surface area contributed by atoms with Crippen molar-refractivity contribution in [2.24, 2.45) is 5.10 Å². The number of methoxy groups -OCH3 is 1. The Balaban J connectivity index is 2.44. The van der Waals surface area contributed by atoms with E-state index in [1.807, 2.05) is 12.1 Å². The van der Waals surface area contributed by atoms with E-state index in [9.17, 15) is 18.5 Å². The van der Waals surface area contributed by atoms with Crippen molar-refractivity contribution in [2.45, 2.75) is 18.7 Å². The largest absolute Gasteiger partial charge is 0.496 e. The first kappa shape index (κ1) is 21.3. The Morgan fingerprint density at radius 2 is 1.89 bits per heavy atom. The first-order valence-electron chi connectivity index (χ1n) is 8.55. The molecule has 0 atom stereocenters. The maximum Gasteiger partial charge on any atom is 0.270 e. The maximum atomic E-state index is 12.9. The quantitative estimate of drug-likeness (QED) is 0.389. The van der Waals surface area contributed by atoms with E-state index in [1.54, 1.807) is 26.0 Å². The molecule has 0 amide bonds. The number of non-ortho nitro benzene ring substituents is 1. The number of hydrazone groups is 1. The van der Waals surface area contributed by atoms with Crippen LogP contribution in [-0.2, 0) is 10.0 Å². The van der Waals surface area contributed by atoms with Gasteiger partial charge in [-0.25, -0.2) is 8.42 Å². The molecule has 28 heavy (non-hydrogen) atoms. The van der Waals surface area contributed by atoms with Crippen molar-refractivity contribution in [2.75, 3.05) is 25.6 Å². The van der Waals surface area contributed by atoms with Gasteiger partial charge in [-0.2, -0.15) is 9.41 Å². The molecular formula is C18H22N4O5S. The molecule has 150 valence electrons. The molecular weight excluding hydrogens is 384 g/mol. The minimum atomic E-state index is -3.93. The van der Waals surface area contributed by atoms with Gasteiger partial charge in [-0.1, -0.05) is 26.0 Å². The van der Waals surface area contributed by atoms with Gasteiger partial charge in [0.05, 0.1) is 23.9 Å². The second-order valence-corrected chi connectivity index (χ2v) is 7.55. The van der Waals surface area contributed by atoms with Crippen molar-refractivity contribution in [1.29, 1.82) is 0 Å². The second-order valence-electron chi connectivity index (χ2n) is 5.64. The number of anilines is 1. The van der Waals surface area contributed by atoms with Crippen molar-refractivity contribution in [3.05, 3.63) is 58.1 Å². The van der Waals surface area contributed by atoms with Gasteiger partial charge in [0.25, 0.3) is 5.69 Å². The fourth-order valence-electron chi connectivity index (χ4n) is 2.58. The summed E-state index contributed by atoms with van der Waals surface area (Å²) in [5.74, 6) is 0.604. The Labute approximate surface area is 163 Å². The first-order valence-corrected chi connectivity index (χ1v) is 9.99. The van der Waals surface area contributed by atoms with Crippen LogP contribution in [0.5, 0.6) is 5.75 Å². The molecule has 2 aromatic rings. The van der Waals surface area contributed by atoms with E-state index in [2.05, 4.69) is 10.5 Å². The summed E-state index contributed by atoms with van der Waals surface area (Å²) in [6.07, 6.45) is 1.48. The summed E-state index contributed by atoms with van der Waals surface area (Å²) >= 11 is 0. The predicted molar refractivity (Wildman–Crippen MR) is 107 cm³/mol. The normalized spacial score (nSPS) is 11.7. The molecule has 0 radical (unpaired) electrons. The van der Waals surface area contributed by atoms with Crippen molar-refractivity contribution in [3.8, 4) is 5.75 Å². The van der Waals surface area contributed by atoms with Gasteiger partial charge in [-0.3, -0.25) is 15.5 Å². The Morgan fingerprint density at radius 1 is 1.21 bits per heavy atom. The van der Waals surface area contributed by atoms with Gasteiger partial charge in [0.1, 0.15) is 10.6 Å². The lowest BCUT2D eigenvalue weighted by molar-refractivity contribution is -0.385. The SMILES string of the molecule is CCN(CC)S(=O)(=O)c1cc([N+](=O)[O-])ccc1N/N=C/c1ccccc1OC. The fourth-order valence-corrected chi connectivity index (χ4v) is 4.20. The Bertz CT molecular complexity index is 972. The minimum absolute atomic E-state index is 0.142. The van der Waals surface area contributed by atoms with Crippen LogP contribution in [0.25, 0.3) is 0 Å². The molecule has 0 bridgehead atoms. The molecule has 0 aliphatic heterocycles. The molecule has 0 aromatic heterocycles. The van der Waals surface area contributed by atoms with Crippen LogP contribution >= 0.6 is 0 Å². The standard InChI is InChI=1S/C18H22N4O5S/c1-4-21(5-2)28(25,26)18-12-15(22(23)24)10-11-16(18)20-19-13-14-8-6-7-9-17(14)27-3/h6-13,20H,4-5H2,1-3H3/b19-13+.